The second kappa shape index (κ2) is 16.2. The molecule has 2 heterocycles. The van der Waals surface area contributed by atoms with E-state index in [2.05, 4.69) is 20.8 Å². The summed E-state index contributed by atoms with van der Waals surface area (Å²) in [6.07, 6.45) is 0.0990. The first-order valence-electron chi connectivity index (χ1n) is 12.9. The monoisotopic (exact) mass is 621 g/mol. The highest BCUT2D eigenvalue weighted by Crippen LogP contribution is 2.51. The fourth-order valence-electron chi connectivity index (χ4n) is 3.83. The predicted octanol–water partition coefficient (Wildman–Crippen LogP) is 1.90. The van der Waals surface area contributed by atoms with Gasteiger partial charge in [-0.3, -0.25) is 9.69 Å². The number of hydrogen-bond acceptors (Lipinski definition) is 11. The lowest BCUT2D eigenvalue weighted by molar-refractivity contribution is -0.894. The van der Waals surface area contributed by atoms with Crippen LogP contribution in [-0.2, 0) is 19.6 Å². The van der Waals surface area contributed by atoms with Crippen molar-refractivity contribution in [3.63, 3.8) is 0 Å². The number of ether oxygens (including phenoxy) is 2. The van der Waals surface area contributed by atoms with E-state index in [9.17, 15) is 17.8 Å². The van der Waals surface area contributed by atoms with Crippen molar-refractivity contribution in [2.24, 2.45) is 0 Å². The molecule has 0 bridgehead atoms. The quantitative estimate of drug-likeness (QED) is 0.145. The van der Waals surface area contributed by atoms with Crippen molar-refractivity contribution in [1.82, 2.24) is 4.90 Å². The number of benzene rings is 1. The molecule has 10 nitrogen and oxygen atoms in total. The molecule has 2 N–H and O–H groups in total. The van der Waals surface area contributed by atoms with Crippen LogP contribution in [0, 0.1) is 0 Å². The largest absolute Gasteiger partial charge is 0.748 e. The Bertz CT molecular complexity index is 1120. The minimum atomic E-state index is -4.42. The van der Waals surface area contributed by atoms with Crippen LogP contribution in [0.2, 0.25) is 0 Å². The fraction of sp³-hybridized carbons (Fsp3) is 0.600. The number of rotatable bonds is 13. The molecule has 1 amide bonds. The number of carbonyl (C=O) groups is 1. The lowest BCUT2D eigenvalue weighted by atomic mass is 10.2. The SMILES string of the molecule is CC[NH+](CC)CC.COc1ccc2c(c1)N(CCC(C)S(=O)(=O)[O-])C(=C1SC(=S)N(CCOCCO)C1=O)S2. The average molecular weight is 622 g/mol. The summed E-state index contributed by atoms with van der Waals surface area (Å²) in [7, 11) is -2.87. The first-order valence-corrected chi connectivity index (χ1v) is 16.4. The van der Waals surface area contributed by atoms with Crippen LogP contribution < -0.4 is 14.5 Å². The normalized spacial score (nSPS) is 17.9. The summed E-state index contributed by atoms with van der Waals surface area (Å²) in [5.41, 5.74) is 0.774. The van der Waals surface area contributed by atoms with E-state index in [4.69, 9.17) is 26.8 Å². The van der Waals surface area contributed by atoms with Crippen molar-refractivity contribution in [3.05, 3.63) is 28.1 Å². The third-order valence-electron chi connectivity index (χ3n) is 6.40. The van der Waals surface area contributed by atoms with Crippen LogP contribution >= 0.6 is 35.7 Å². The molecule has 39 heavy (non-hydrogen) atoms. The molecule has 2 aliphatic rings. The van der Waals surface area contributed by atoms with Crippen LogP contribution in [0.25, 0.3) is 0 Å². The summed E-state index contributed by atoms with van der Waals surface area (Å²) in [6.45, 7) is 12.7. The van der Waals surface area contributed by atoms with Crippen molar-refractivity contribution in [1.29, 1.82) is 0 Å². The smallest absolute Gasteiger partial charge is 0.268 e. The molecule has 0 radical (unpaired) electrons. The summed E-state index contributed by atoms with van der Waals surface area (Å²) in [6, 6.07) is 5.49. The Morgan fingerprint density at radius 3 is 2.31 bits per heavy atom. The molecule has 3 rings (SSSR count). The highest BCUT2D eigenvalue weighted by molar-refractivity contribution is 8.27. The van der Waals surface area contributed by atoms with Crippen LogP contribution in [-0.4, -0.2) is 98.1 Å². The molecular weight excluding hydrogens is 583 g/mol. The first kappa shape index (κ1) is 33.8. The maximum Gasteiger partial charge on any atom is 0.268 e. The molecule has 1 aromatic carbocycles. The molecule has 1 fully saturated rings. The van der Waals surface area contributed by atoms with Gasteiger partial charge in [-0.2, -0.15) is 0 Å². The second-order valence-corrected chi connectivity index (χ2v) is 13.3. The number of carbonyl (C=O) groups excluding carboxylic acids is 1. The van der Waals surface area contributed by atoms with Crippen molar-refractivity contribution in [2.45, 2.75) is 44.3 Å². The average Bonchev–Trinajstić information content (AvgIpc) is 3.41. The molecule has 220 valence electrons. The summed E-state index contributed by atoms with van der Waals surface area (Å²) >= 11 is 7.95. The summed E-state index contributed by atoms with van der Waals surface area (Å²) < 4.78 is 45.1. The Labute approximate surface area is 245 Å². The predicted molar refractivity (Wildman–Crippen MR) is 159 cm³/mol. The van der Waals surface area contributed by atoms with Gasteiger partial charge in [0, 0.05) is 22.8 Å². The van der Waals surface area contributed by atoms with Gasteiger partial charge >= 0.3 is 0 Å². The van der Waals surface area contributed by atoms with Crippen LogP contribution in [0.5, 0.6) is 5.75 Å². The molecule has 1 aromatic rings. The molecule has 0 saturated carbocycles. The van der Waals surface area contributed by atoms with E-state index in [0.717, 1.165) is 10.6 Å². The zero-order valence-corrected chi connectivity index (χ0v) is 26.4. The van der Waals surface area contributed by atoms with Crippen molar-refractivity contribution >= 4 is 61.8 Å². The van der Waals surface area contributed by atoms with Gasteiger partial charge in [0.1, 0.15) is 20.0 Å². The molecule has 14 heteroatoms. The van der Waals surface area contributed by atoms with Gasteiger partial charge in [0.2, 0.25) is 0 Å². The minimum absolute atomic E-state index is 0.0990. The van der Waals surface area contributed by atoms with Gasteiger partial charge in [-0.05, 0) is 46.2 Å². The number of nitrogens with zero attached hydrogens (tertiary/aromatic N) is 2. The molecule has 0 aliphatic carbocycles. The van der Waals surface area contributed by atoms with E-state index in [-0.39, 0.29) is 45.2 Å². The lowest BCUT2D eigenvalue weighted by Crippen LogP contribution is -3.11. The van der Waals surface area contributed by atoms with E-state index in [1.165, 1.54) is 55.0 Å². The van der Waals surface area contributed by atoms with Gasteiger partial charge in [-0.1, -0.05) is 35.7 Å². The van der Waals surface area contributed by atoms with E-state index in [1.54, 1.807) is 18.1 Å². The minimum Gasteiger partial charge on any atom is -0.748 e. The van der Waals surface area contributed by atoms with Gasteiger partial charge in [-0.15, -0.1) is 0 Å². The highest BCUT2D eigenvalue weighted by Gasteiger charge is 2.39. The summed E-state index contributed by atoms with van der Waals surface area (Å²) in [5, 5.41) is 8.39. The molecule has 1 unspecified atom stereocenters. The van der Waals surface area contributed by atoms with Gasteiger partial charge in [0.15, 0.2) is 0 Å². The number of aliphatic hydroxyl groups is 1. The van der Waals surface area contributed by atoms with E-state index >= 15 is 0 Å². The lowest BCUT2D eigenvalue weighted by Gasteiger charge is -2.24. The number of fused-ring (bicyclic) bond motifs is 1. The van der Waals surface area contributed by atoms with E-state index in [1.807, 2.05) is 17.0 Å². The van der Waals surface area contributed by atoms with Crippen LogP contribution in [0.3, 0.4) is 0 Å². The highest BCUT2D eigenvalue weighted by atomic mass is 32.2. The third-order valence-corrected chi connectivity index (χ3v) is 10.4. The molecule has 1 saturated heterocycles. The molecule has 0 aromatic heterocycles. The standard InChI is InChI=1S/C19H24N2O7S4.C6H15N/c1-12(32(24,25)26)5-6-20-14-11-13(27-2)3-4-15(14)30-18(20)16-17(23)21(19(29)31-16)7-9-28-10-8-22;1-4-7(5-2)6-3/h3-4,11-12,22H,5-10H2,1-2H3,(H,24,25,26);4-6H2,1-3H3. The van der Waals surface area contributed by atoms with Crippen LogP contribution in [0.4, 0.5) is 5.69 Å². The topological polar surface area (TPSA) is 124 Å². The maximum absolute atomic E-state index is 13.1. The Hall–Kier alpha value is -1.39. The van der Waals surface area contributed by atoms with Crippen LogP contribution in [0.1, 0.15) is 34.1 Å². The number of aliphatic hydroxyl groups excluding tert-OH is 1. The summed E-state index contributed by atoms with van der Waals surface area (Å²) in [4.78, 5) is 19.4. The number of quaternary nitrogens is 1. The number of methoxy groups -OCH3 is 1. The Morgan fingerprint density at radius 1 is 1.10 bits per heavy atom. The van der Waals surface area contributed by atoms with Gasteiger partial charge in [0.25, 0.3) is 5.91 Å². The van der Waals surface area contributed by atoms with Crippen LogP contribution in [0.15, 0.2) is 33.0 Å². The van der Waals surface area contributed by atoms with Gasteiger partial charge in [-0.25, -0.2) is 8.42 Å². The number of anilines is 1. The van der Waals surface area contributed by atoms with Gasteiger partial charge in [0.05, 0.1) is 68.9 Å². The second-order valence-electron chi connectivity index (χ2n) is 8.79. The third kappa shape index (κ3) is 9.32. The molecule has 1 atom stereocenters. The number of thioether (sulfide) groups is 2. The molecular formula is C25H39N3O7S4. The maximum atomic E-state index is 13.1. The number of hydrogen-bond donors (Lipinski definition) is 2. The number of thiocarbonyl (C=S) groups is 1. The van der Waals surface area contributed by atoms with Gasteiger partial charge < -0.3 is 28.9 Å². The van der Waals surface area contributed by atoms with Crippen molar-refractivity contribution < 1.29 is 37.2 Å². The Morgan fingerprint density at radius 2 is 1.77 bits per heavy atom. The van der Waals surface area contributed by atoms with Crippen molar-refractivity contribution in [3.8, 4) is 5.75 Å². The molecule has 0 spiro atoms. The first-order chi connectivity index (χ1) is 18.5. The van der Waals surface area contributed by atoms with E-state index in [0.29, 0.717) is 20.0 Å². The zero-order chi connectivity index (χ0) is 29.2. The number of nitrogens with one attached hydrogen (secondary N) is 1. The molecule has 2 aliphatic heterocycles. The Balaban J connectivity index is 0.000000673. The van der Waals surface area contributed by atoms with Crippen molar-refractivity contribution in [2.75, 3.05) is 64.6 Å². The number of amides is 1. The van der Waals surface area contributed by atoms with E-state index < -0.39 is 15.4 Å². The zero-order valence-electron chi connectivity index (χ0n) is 23.1. The fourth-order valence-corrected chi connectivity index (χ4v) is 6.85. The summed E-state index contributed by atoms with van der Waals surface area (Å²) in [5.74, 6) is 0.359. The Kier molecular flexibility index (Phi) is 14.0.